The molecule has 0 saturated carbocycles. The van der Waals surface area contributed by atoms with E-state index in [9.17, 15) is 4.79 Å². The first-order chi connectivity index (χ1) is 8.20. The Morgan fingerprint density at radius 3 is 2.94 bits per heavy atom. The molecular weight excluding hydrogens is 252 g/mol. The first-order valence-corrected chi connectivity index (χ1v) is 5.80. The SMILES string of the molecule is COC(=O)c1cc2c(C)c3c(nc2[nH]1)CCC3.Cl. The van der Waals surface area contributed by atoms with Crippen LogP contribution < -0.4 is 0 Å². The van der Waals surface area contributed by atoms with Crippen LogP contribution in [-0.4, -0.2) is 23.0 Å². The molecule has 1 N–H and O–H groups in total. The van der Waals surface area contributed by atoms with Gasteiger partial charge in [0.25, 0.3) is 0 Å². The van der Waals surface area contributed by atoms with Crippen LogP contribution in [0.2, 0.25) is 0 Å². The van der Waals surface area contributed by atoms with E-state index < -0.39 is 0 Å². The second kappa shape index (κ2) is 4.61. The summed E-state index contributed by atoms with van der Waals surface area (Å²) in [4.78, 5) is 19.1. The van der Waals surface area contributed by atoms with E-state index in [0.717, 1.165) is 23.9 Å². The van der Waals surface area contributed by atoms with Crippen molar-refractivity contribution in [1.82, 2.24) is 9.97 Å². The number of halogens is 1. The Balaban J connectivity index is 0.00000120. The lowest BCUT2D eigenvalue weighted by molar-refractivity contribution is 0.0595. The number of aryl methyl sites for hydroxylation is 2. The normalized spacial score (nSPS) is 13.2. The molecule has 0 saturated heterocycles. The number of carbonyl (C=O) groups is 1. The molecular formula is C13H15ClN2O2. The quantitative estimate of drug-likeness (QED) is 0.807. The molecule has 0 atom stereocenters. The van der Waals surface area contributed by atoms with E-state index >= 15 is 0 Å². The fraction of sp³-hybridized carbons (Fsp3) is 0.385. The van der Waals surface area contributed by atoms with E-state index in [-0.39, 0.29) is 18.4 Å². The Labute approximate surface area is 111 Å². The van der Waals surface area contributed by atoms with Crippen molar-refractivity contribution < 1.29 is 9.53 Å². The number of ether oxygens (including phenoxy) is 1. The third kappa shape index (κ3) is 1.77. The molecule has 96 valence electrons. The highest BCUT2D eigenvalue weighted by Gasteiger charge is 2.19. The average Bonchev–Trinajstić information content (AvgIpc) is 2.94. The lowest BCUT2D eigenvalue weighted by Crippen LogP contribution is -2.00. The number of nitrogens with one attached hydrogen (secondary N) is 1. The molecule has 2 aromatic rings. The Kier molecular flexibility index (Phi) is 3.30. The van der Waals surface area contributed by atoms with Crippen LogP contribution in [0.3, 0.4) is 0 Å². The summed E-state index contributed by atoms with van der Waals surface area (Å²) < 4.78 is 4.71. The minimum absolute atomic E-state index is 0. The third-order valence-electron chi connectivity index (χ3n) is 3.49. The highest BCUT2D eigenvalue weighted by molar-refractivity contribution is 5.95. The smallest absolute Gasteiger partial charge is 0.354 e. The number of hydrogen-bond acceptors (Lipinski definition) is 3. The maximum Gasteiger partial charge on any atom is 0.354 e. The number of carbonyl (C=O) groups excluding carboxylic acids is 1. The molecule has 1 aliphatic rings. The Morgan fingerprint density at radius 2 is 2.22 bits per heavy atom. The van der Waals surface area contributed by atoms with Gasteiger partial charge in [-0.2, -0.15) is 0 Å². The summed E-state index contributed by atoms with van der Waals surface area (Å²) in [5.41, 5.74) is 5.04. The Bertz CT molecular complexity index is 619. The fourth-order valence-corrected chi connectivity index (χ4v) is 2.59. The monoisotopic (exact) mass is 266 g/mol. The topological polar surface area (TPSA) is 55.0 Å². The van der Waals surface area contributed by atoms with Crippen LogP contribution in [0.25, 0.3) is 11.0 Å². The van der Waals surface area contributed by atoms with Crippen molar-refractivity contribution in [2.24, 2.45) is 0 Å². The van der Waals surface area contributed by atoms with Crippen LogP contribution >= 0.6 is 12.4 Å². The standard InChI is InChI=1S/C13H14N2O2.ClH/c1-7-8-4-3-5-10(8)14-12-9(7)6-11(15-12)13(16)17-2;/h6H,3-5H2,1-2H3,(H,14,15);1H. The number of rotatable bonds is 1. The van der Waals surface area contributed by atoms with Crippen molar-refractivity contribution in [3.8, 4) is 0 Å². The number of hydrogen-bond donors (Lipinski definition) is 1. The van der Waals surface area contributed by atoms with Gasteiger partial charge >= 0.3 is 5.97 Å². The number of methoxy groups -OCH3 is 1. The molecule has 1 aliphatic carbocycles. The van der Waals surface area contributed by atoms with Crippen LogP contribution in [0.1, 0.15) is 33.7 Å². The minimum Gasteiger partial charge on any atom is -0.464 e. The molecule has 0 radical (unpaired) electrons. The summed E-state index contributed by atoms with van der Waals surface area (Å²) in [6.07, 6.45) is 3.32. The van der Waals surface area contributed by atoms with Crippen LogP contribution in [-0.2, 0) is 17.6 Å². The predicted molar refractivity (Wildman–Crippen MR) is 71.4 cm³/mol. The maximum absolute atomic E-state index is 11.5. The van der Waals surface area contributed by atoms with Gasteiger partial charge < -0.3 is 9.72 Å². The van der Waals surface area contributed by atoms with Gasteiger partial charge in [-0.3, -0.25) is 0 Å². The maximum atomic E-state index is 11.5. The zero-order valence-electron chi connectivity index (χ0n) is 10.4. The Morgan fingerprint density at radius 1 is 1.44 bits per heavy atom. The number of aromatic nitrogens is 2. The van der Waals surface area contributed by atoms with Crippen LogP contribution in [0.15, 0.2) is 6.07 Å². The van der Waals surface area contributed by atoms with Crippen molar-refractivity contribution in [2.75, 3.05) is 7.11 Å². The summed E-state index contributed by atoms with van der Waals surface area (Å²) in [6, 6.07) is 1.84. The molecule has 0 amide bonds. The van der Waals surface area contributed by atoms with Gasteiger partial charge in [-0.25, -0.2) is 9.78 Å². The fourth-order valence-electron chi connectivity index (χ4n) is 2.59. The van der Waals surface area contributed by atoms with Crippen LogP contribution in [0.4, 0.5) is 0 Å². The molecule has 0 bridgehead atoms. The molecule has 4 nitrogen and oxygen atoms in total. The lowest BCUT2D eigenvalue weighted by Gasteiger charge is -2.03. The molecule has 3 rings (SSSR count). The molecule has 2 aromatic heterocycles. The van der Waals surface area contributed by atoms with E-state index in [4.69, 9.17) is 4.74 Å². The van der Waals surface area contributed by atoms with Crippen molar-refractivity contribution in [3.63, 3.8) is 0 Å². The molecule has 0 aliphatic heterocycles. The van der Waals surface area contributed by atoms with E-state index in [1.54, 1.807) is 0 Å². The van der Waals surface area contributed by atoms with Gasteiger partial charge in [0.15, 0.2) is 0 Å². The number of pyridine rings is 1. The largest absolute Gasteiger partial charge is 0.464 e. The van der Waals surface area contributed by atoms with Gasteiger partial charge in [-0.05, 0) is 43.4 Å². The molecule has 2 heterocycles. The van der Waals surface area contributed by atoms with Crippen LogP contribution in [0.5, 0.6) is 0 Å². The molecule has 18 heavy (non-hydrogen) atoms. The second-order valence-corrected chi connectivity index (χ2v) is 4.45. The van der Waals surface area contributed by atoms with Gasteiger partial charge in [-0.1, -0.05) is 0 Å². The zero-order valence-corrected chi connectivity index (χ0v) is 11.2. The highest BCUT2D eigenvalue weighted by atomic mass is 35.5. The van der Waals surface area contributed by atoms with Gasteiger partial charge in [0.1, 0.15) is 11.3 Å². The summed E-state index contributed by atoms with van der Waals surface area (Å²) in [5, 5.41) is 1.03. The van der Waals surface area contributed by atoms with E-state index in [1.807, 2.05) is 6.07 Å². The number of nitrogens with zero attached hydrogens (tertiary/aromatic N) is 1. The van der Waals surface area contributed by atoms with Crippen molar-refractivity contribution in [2.45, 2.75) is 26.2 Å². The van der Waals surface area contributed by atoms with Gasteiger partial charge in [0.2, 0.25) is 0 Å². The van der Waals surface area contributed by atoms with Crippen LogP contribution in [0, 0.1) is 6.92 Å². The Hall–Kier alpha value is -1.55. The van der Waals surface area contributed by atoms with Gasteiger partial charge in [0, 0.05) is 11.1 Å². The first kappa shape index (κ1) is 12.9. The minimum atomic E-state index is -0.345. The van der Waals surface area contributed by atoms with E-state index in [1.165, 1.54) is 30.4 Å². The number of esters is 1. The van der Waals surface area contributed by atoms with Crippen molar-refractivity contribution in [1.29, 1.82) is 0 Å². The molecule has 0 fully saturated rings. The first-order valence-electron chi connectivity index (χ1n) is 5.80. The molecule has 0 unspecified atom stereocenters. The van der Waals surface area contributed by atoms with E-state index in [0.29, 0.717) is 5.69 Å². The summed E-state index contributed by atoms with van der Waals surface area (Å²) in [7, 11) is 1.38. The second-order valence-electron chi connectivity index (χ2n) is 4.45. The average molecular weight is 267 g/mol. The summed E-state index contributed by atoms with van der Waals surface area (Å²) >= 11 is 0. The number of fused-ring (bicyclic) bond motifs is 2. The van der Waals surface area contributed by atoms with Gasteiger partial charge in [0.05, 0.1) is 7.11 Å². The molecule has 5 heteroatoms. The van der Waals surface area contributed by atoms with Crippen molar-refractivity contribution >= 4 is 29.4 Å². The molecule has 0 spiro atoms. The van der Waals surface area contributed by atoms with Gasteiger partial charge in [-0.15, -0.1) is 12.4 Å². The van der Waals surface area contributed by atoms with Crippen molar-refractivity contribution in [3.05, 3.63) is 28.6 Å². The lowest BCUT2D eigenvalue weighted by atomic mass is 10.1. The third-order valence-corrected chi connectivity index (χ3v) is 3.49. The van der Waals surface area contributed by atoms with E-state index in [2.05, 4.69) is 16.9 Å². The molecule has 0 aromatic carbocycles. The predicted octanol–water partition coefficient (Wildman–Crippen LogP) is 2.57. The highest BCUT2D eigenvalue weighted by Crippen LogP contribution is 2.29. The summed E-state index contributed by atoms with van der Waals surface area (Å²) in [5.74, 6) is -0.345. The number of H-pyrrole nitrogens is 1. The summed E-state index contributed by atoms with van der Waals surface area (Å²) in [6.45, 7) is 2.10. The number of aromatic amines is 1. The zero-order chi connectivity index (χ0) is 12.0.